The molecule has 0 aliphatic heterocycles. The van der Waals surface area contributed by atoms with Crippen molar-refractivity contribution in [3.8, 4) is 0 Å². The number of rotatable bonds is 0. The molecule has 0 unspecified atom stereocenters. The molecule has 2 heterocycles. The standard InChI is InChI=1S/C8H7IN2/c1-6-5-10-11-3-2-7(9)4-8(6)11/h2-5H,1H3. The summed E-state index contributed by atoms with van der Waals surface area (Å²) >= 11 is 2.30. The number of aryl methyl sites for hydroxylation is 1. The molecular weight excluding hydrogens is 251 g/mol. The summed E-state index contributed by atoms with van der Waals surface area (Å²) < 4.78 is 3.14. The van der Waals surface area contributed by atoms with Crippen molar-refractivity contribution in [1.82, 2.24) is 9.61 Å². The van der Waals surface area contributed by atoms with E-state index in [2.05, 4.69) is 40.7 Å². The van der Waals surface area contributed by atoms with Crippen LogP contribution < -0.4 is 0 Å². The molecule has 2 aromatic heterocycles. The summed E-state index contributed by atoms with van der Waals surface area (Å²) in [5.74, 6) is 0. The molecule has 0 aliphatic rings. The Hall–Kier alpha value is -0.580. The zero-order valence-corrected chi connectivity index (χ0v) is 8.24. The fraction of sp³-hybridized carbons (Fsp3) is 0.125. The molecule has 0 saturated heterocycles. The predicted molar refractivity (Wildman–Crippen MR) is 52.6 cm³/mol. The summed E-state index contributed by atoms with van der Waals surface area (Å²) in [5, 5.41) is 4.17. The lowest BCUT2D eigenvalue weighted by Gasteiger charge is -1.93. The molecule has 0 spiro atoms. The van der Waals surface area contributed by atoms with Crippen molar-refractivity contribution >= 4 is 28.1 Å². The molecule has 0 atom stereocenters. The van der Waals surface area contributed by atoms with Crippen molar-refractivity contribution in [1.29, 1.82) is 0 Å². The summed E-state index contributed by atoms with van der Waals surface area (Å²) in [4.78, 5) is 0. The van der Waals surface area contributed by atoms with Gasteiger partial charge in [-0.15, -0.1) is 0 Å². The minimum Gasteiger partial charge on any atom is -0.241 e. The lowest BCUT2D eigenvalue weighted by molar-refractivity contribution is 0.959. The van der Waals surface area contributed by atoms with Gasteiger partial charge in [0.2, 0.25) is 0 Å². The van der Waals surface area contributed by atoms with Crippen molar-refractivity contribution in [2.24, 2.45) is 0 Å². The fourth-order valence-corrected chi connectivity index (χ4v) is 1.53. The van der Waals surface area contributed by atoms with E-state index in [-0.39, 0.29) is 0 Å². The molecule has 0 N–H and O–H groups in total. The van der Waals surface area contributed by atoms with E-state index in [4.69, 9.17) is 0 Å². The van der Waals surface area contributed by atoms with Gasteiger partial charge < -0.3 is 0 Å². The average Bonchev–Trinajstić information content (AvgIpc) is 2.33. The Morgan fingerprint density at radius 2 is 2.36 bits per heavy atom. The van der Waals surface area contributed by atoms with Gasteiger partial charge in [-0.2, -0.15) is 5.10 Å². The molecule has 3 heteroatoms. The van der Waals surface area contributed by atoms with Crippen LogP contribution in [0.1, 0.15) is 5.56 Å². The third kappa shape index (κ3) is 1.13. The SMILES string of the molecule is Cc1cnn2ccc(I)cc12. The largest absolute Gasteiger partial charge is 0.241 e. The van der Waals surface area contributed by atoms with Gasteiger partial charge in [-0.1, -0.05) is 0 Å². The Labute approximate surface area is 78.4 Å². The molecule has 56 valence electrons. The molecule has 2 aromatic rings. The maximum absolute atomic E-state index is 4.17. The van der Waals surface area contributed by atoms with Crippen LogP contribution in [0.4, 0.5) is 0 Å². The first kappa shape index (κ1) is 7.09. The van der Waals surface area contributed by atoms with Crippen LogP contribution in [0.3, 0.4) is 0 Å². The Morgan fingerprint density at radius 1 is 1.55 bits per heavy atom. The zero-order chi connectivity index (χ0) is 7.84. The van der Waals surface area contributed by atoms with Gasteiger partial charge in [-0.3, -0.25) is 0 Å². The Balaban J connectivity index is 2.87. The summed E-state index contributed by atoms with van der Waals surface area (Å²) in [6.07, 6.45) is 3.86. The lowest BCUT2D eigenvalue weighted by Crippen LogP contribution is -1.85. The molecule has 2 rings (SSSR count). The van der Waals surface area contributed by atoms with Crippen LogP contribution in [0, 0.1) is 10.5 Å². The summed E-state index contributed by atoms with van der Waals surface area (Å²) in [6, 6.07) is 4.17. The smallest absolute Gasteiger partial charge is 0.0701 e. The van der Waals surface area contributed by atoms with Crippen LogP contribution in [-0.2, 0) is 0 Å². The minimum absolute atomic E-state index is 1.19. The average molecular weight is 258 g/mol. The van der Waals surface area contributed by atoms with Crippen molar-refractivity contribution in [3.05, 3.63) is 33.7 Å². The maximum Gasteiger partial charge on any atom is 0.0701 e. The number of aromatic nitrogens is 2. The highest BCUT2D eigenvalue weighted by atomic mass is 127. The third-order valence-electron chi connectivity index (χ3n) is 1.68. The van der Waals surface area contributed by atoms with E-state index in [1.165, 1.54) is 14.7 Å². The number of fused-ring (bicyclic) bond motifs is 1. The predicted octanol–water partition coefficient (Wildman–Crippen LogP) is 2.25. The molecule has 0 saturated carbocycles. The third-order valence-corrected chi connectivity index (χ3v) is 2.35. The van der Waals surface area contributed by atoms with Crippen LogP contribution in [0.5, 0.6) is 0 Å². The number of hydrogen-bond acceptors (Lipinski definition) is 1. The minimum atomic E-state index is 1.19. The summed E-state index contributed by atoms with van der Waals surface area (Å²) in [5.41, 5.74) is 2.42. The molecule has 2 nitrogen and oxygen atoms in total. The highest BCUT2D eigenvalue weighted by Gasteiger charge is 1.97. The Kier molecular flexibility index (Phi) is 1.60. The van der Waals surface area contributed by atoms with Crippen LogP contribution in [0.25, 0.3) is 5.52 Å². The molecule has 11 heavy (non-hydrogen) atoms. The van der Waals surface area contributed by atoms with Gasteiger partial charge in [-0.25, -0.2) is 4.52 Å². The van der Waals surface area contributed by atoms with Crippen LogP contribution in [0.15, 0.2) is 24.5 Å². The van der Waals surface area contributed by atoms with Gasteiger partial charge in [0.05, 0.1) is 11.7 Å². The molecule has 0 radical (unpaired) electrons. The number of hydrogen-bond donors (Lipinski definition) is 0. The van der Waals surface area contributed by atoms with E-state index in [0.29, 0.717) is 0 Å². The summed E-state index contributed by atoms with van der Waals surface area (Å²) in [7, 11) is 0. The van der Waals surface area contributed by atoms with Gasteiger partial charge in [0, 0.05) is 9.77 Å². The molecule has 0 bridgehead atoms. The van der Waals surface area contributed by atoms with E-state index in [0.717, 1.165) is 0 Å². The number of nitrogens with zero attached hydrogens (tertiary/aromatic N) is 2. The monoisotopic (exact) mass is 258 g/mol. The van der Waals surface area contributed by atoms with E-state index in [1.54, 1.807) is 0 Å². The van der Waals surface area contributed by atoms with Crippen LogP contribution in [-0.4, -0.2) is 9.61 Å². The van der Waals surface area contributed by atoms with Crippen molar-refractivity contribution in [3.63, 3.8) is 0 Å². The second kappa shape index (κ2) is 2.48. The van der Waals surface area contributed by atoms with E-state index in [1.807, 2.05) is 23.0 Å². The normalized spacial score (nSPS) is 10.7. The topological polar surface area (TPSA) is 17.3 Å². The van der Waals surface area contributed by atoms with E-state index in [9.17, 15) is 0 Å². The van der Waals surface area contributed by atoms with Crippen LogP contribution >= 0.6 is 22.6 Å². The quantitative estimate of drug-likeness (QED) is 0.662. The second-order valence-electron chi connectivity index (χ2n) is 2.50. The molecule has 0 aromatic carbocycles. The zero-order valence-electron chi connectivity index (χ0n) is 6.08. The first-order valence-electron chi connectivity index (χ1n) is 3.37. The fourth-order valence-electron chi connectivity index (χ4n) is 1.08. The highest BCUT2D eigenvalue weighted by molar-refractivity contribution is 14.1. The molecule has 0 fully saturated rings. The summed E-state index contributed by atoms with van der Waals surface area (Å²) in [6.45, 7) is 2.07. The van der Waals surface area contributed by atoms with Gasteiger partial charge in [0.15, 0.2) is 0 Å². The lowest BCUT2D eigenvalue weighted by atomic mass is 10.3. The van der Waals surface area contributed by atoms with Crippen molar-refractivity contribution < 1.29 is 0 Å². The second-order valence-corrected chi connectivity index (χ2v) is 3.75. The first-order valence-corrected chi connectivity index (χ1v) is 4.45. The van der Waals surface area contributed by atoms with Gasteiger partial charge in [0.25, 0.3) is 0 Å². The van der Waals surface area contributed by atoms with Crippen molar-refractivity contribution in [2.75, 3.05) is 0 Å². The molecule has 0 aliphatic carbocycles. The Bertz CT molecular complexity index is 392. The molecular formula is C8H7IN2. The van der Waals surface area contributed by atoms with Crippen molar-refractivity contribution in [2.45, 2.75) is 6.92 Å². The molecule has 0 amide bonds. The van der Waals surface area contributed by atoms with Gasteiger partial charge in [-0.05, 0) is 47.2 Å². The van der Waals surface area contributed by atoms with Gasteiger partial charge >= 0.3 is 0 Å². The number of halogens is 1. The van der Waals surface area contributed by atoms with Gasteiger partial charge in [0.1, 0.15) is 0 Å². The highest BCUT2D eigenvalue weighted by Crippen LogP contribution is 2.12. The first-order chi connectivity index (χ1) is 5.27. The van der Waals surface area contributed by atoms with E-state index < -0.39 is 0 Å². The van der Waals surface area contributed by atoms with E-state index >= 15 is 0 Å². The Morgan fingerprint density at radius 3 is 3.18 bits per heavy atom. The number of pyridine rings is 1. The maximum atomic E-state index is 4.17. The van der Waals surface area contributed by atoms with Crippen LogP contribution in [0.2, 0.25) is 0 Å².